The molecule has 2 aromatic carbocycles. The van der Waals surface area contributed by atoms with Crippen molar-refractivity contribution in [1.29, 1.82) is 0 Å². The van der Waals surface area contributed by atoms with E-state index in [2.05, 4.69) is 21.2 Å². The monoisotopic (exact) mass is 521 g/mol. The Hall–Kier alpha value is -2.88. The second-order valence-electron chi connectivity index (χ2n) is 6.91. The number of hydrogen-bond acceptors (Lipinski definition) is 6. The number of rotatable bonds is 13. The Kier molecular flexibility index (Phi) is 11.4. The molecule has 8 nitrogen and oxygen atoms in total. The summed E-state index contributed by atoms with van der Waals surface area (Å²) in [5, 5.41) is 20.5. The van der Waals surface area contributed by atoms with Gasteiger partial charge >= 0.3 is 12.1 Å². The SMILES string of the molecule is CCO[C@@H](CC/C=C/C(=O)O)[C@@H](OC(=O)Nc1ccc(Br)cc1)c1cccc(OCCO)c1. The lowest BCUT2D eigenvalue weighted by Gasteiger charge is -2.27. The van der Waals surface area contributed by atoms with E-state index in [0.717, 1.165) is 10.5 Å². The van der Waals surface area contributed by atoms with Crippen molar-refractivity contribution in [1.82, 2.24) is 0 Å². The molecule has 3 N–H and O–H groups in total. The third kappa shape index (κ3) is 9.65. The van der Waals surface area contributed by atoms with Crippen LogP contribution in [0.1, 0.15) is 31.4 Å². The highest BCUT2D eigenvalue weighted by Gasteiger charge is 2.28. The number of anilines is 1. The third-order valence-electron chi connectivity index (χ3n) is 4.47. The van der Waals surface area contributed by atoms with Crippen molar-refractivity contribution < 1.29 is 34.0 Å². The topological polar surface area (TPSA) is 114 Å². The number of carbonyl (C=O) groups excluding carboxylic acids is 1. The summed E-state index contributed by atoms with van der Waals surface area (Å²) >= 11 is 3.35. The molecule has 0 saturated carbocycles. The smallest absolute Gasteiger partial charge is 0.412 e. The van der Waals surface area contributed by atoms with E-state index in [1.165, 1.54) is 6.08 Å². The molecule has 0 bridgehead atoms. The van der Waals surface area contributed by atoms with Crippen molar-refractivity contribution in [2.45, 2.75) is 32.0 Å². The van der Waals surface area contributed by atoms with E-state index in [1.54, 1.807) is 48.5 Å². The fourth-order valence-corrected chi connectivity index (χ4v) is 3.34. The highest BCUT2D eigenvalue weighted by Crippen LogP contribution is 2.30. The van der Waals surface area contributed by atoms with Crippen LogP contribution >= 0.6 is 15.9 Å². The first-order valence-corrected chi connectivity index (χ1v) is 11.3. The first-order chi connectivity index (χ1) is 15.9. The number of benzene rings is 2. The van der Waals surface area contributed by atoms with Gasteiger partial charge in [-0.25, -0.2) is 9.59 Å². The van der Waals surface area contributed by atoms with Gasteiger partial charge in [0.25, 0.3) is 0 Å². The minimum Gasteiger partial charge on any atom is -0.491 e. The van der Waals surface area contributed by atoms with Crippen LogP contribution in [0, 0.1) is 0 Å². The number of amides is 1. The lowest BCUT2D eigenvalue weighted by atomic mass is 10.00. The zero-order valence-electron chi connectivity index (χ0n) is 18.3. The number of allylic oxidation sites excluding steroid dienone is 1. The van der Waals surface area contributed by atoms with Crippen LogP contribution in [0.2, 0.25) is 0 Å². The van der Waals surface area contributed by atoms with E-state index in [4.69, 9.17) is 24.4 Å². The molecule has 0 saturated heterocycles. The molecule has 2 aromatic rings. The second kappa shape index (κ2) is 14.3. The van der Waals surface area contributed by atoms with E-state index in [0.29, 0.717) is 36.4 Å². The van der Waals surface area contributed by atoms with Crippen LogP contribution in [0.25, 0.3) is 0 Å². The predicted octanol–water partition coefficient (Wildman–Crippen LogP) is 4.94. The van der Waals surface area contributed by atoms with Crippen molar-refractivity contribution in [2.75, 3.05) is 25.1 Å². The maximum absolute atomic E-state index is 12.7. The molecule has 2 rings (SSSR count). The van der Waals surface area contributed by atoms with Crippen LogP contribution in [0.15, 0.2) is 65.2 Å². The number of carboxylic acid groups (broad SMARTS) is 1. The Morgan fingerprint density at radius 3 is 2.61 bits per heavy atom. The van der Waals surface area contributed by atoms with E-state index in [9.17, 15) is 9.59 Å². The van der Waals surface area contributed by atoms with Gasteiger partial charge in [-0.1, -0.05) is 34.1 Å². The molecule has 178 valence electrons. The van der Waals surface area contributed by atoms with Gasteiger partial charge in [-0.15, -0.1) is 0 Å². The molecule has 0 radical (unpaired) electrons. The Balaban J connectivity index is 2.25. The standard InChI is InChI=1S/C24H28BrNO7/c1-2-31-21(8-3-4-9-22(28)29)23(17-6-5-7-20(16-17)32-15-14-27)33-24(30)26-19-12-10-18(25)11-13-19/h4-7,9-13,16,21,23,27H,2-3,8,14-15H2,1H3,(H,26,30)(H,28,29)/b9-4+/t21-,23-/m0/s1. The van der Waals surface area contributed by atoms with Crippen LogP contribution in [-0.2, 0) is 14.3 Å². The third-order valence-corrected chi connectivity index (χ3v) is 5.00. The normalized spacial score (nSPS) is 12.8. The summed E-state index contributed by atoms with van der Waals surface area (Å²) in [6, 6.07) is 14.1. The van der Waals surface area contributed by atoms with E-state index < -0.39 is 24.3 Å². The fraction of sp³-hybridized carbons (Fsp3) is 0.333. The number of ether oxygens (including phenoxy) is 3. The number of carbonyl (C=O) groups is 2. The molecule has 0 heterocycles. The summed E-state index contributed by atoms with van der Waals surface area (Å²) in [6.07, 6.45) is 1.49. The van der Waals surface area contributed by atoms with Gasteiger partial charge in [-0.2, -0.15) is 0 Å². The zero-order chi connectivity index (χ0) is 24.1. The summed E-state index contributed by atoms with van der Waals surface area (Å²) in [7, 11) is 0. The van der Waals surface area contributed by atoms with Crippen LogP contribution in [-0.4, -0.2) is 48.2 Å². The van der Waals surface area contributed by atoms with E-state index in [-0.39, 0.29) is 13.2 Å². The summed E-state index contributed by atoms with van der Waals surface area (Å²) in [4.78, 5) is 23.5. The van der Waals surface area contributed by atoms with Crippen LogP contribution in [0.3, 0.4) is 0 Å². The minimum atomic E-state index is -1.03. The van der Waals surface area contributed by atoms with Crippen molar-refractivity contribution in [3.8, 4) is 5.75 Å². The molecule has 0 aliphatic heterocycles. The van der Waals surface area contributed by atoms with Crippen molar-refractivity contribution in [2.24, 2.45) is 0 Å². The summed E-state index contributed by atoms with van der Waals surface area (Å²) in [5.74, 6) is -0.511. The Bertz CT molecular complexity index is 917. The largest absolute Gasteiger partial charge is 0.491 e. The molecule has 0 aliphatic carbocycles. The highest BCUT2D eigenvalue weighted by molar-refractivity contribution is 9.10. The average molecular weight is 522 g/mol. The van der Waals surface area contributed by atoms with Gasteiger partial charge in [0.2, 0.25) is 0 Å². The van der Waals surface area contributed by atoms with Gasteiger partial charge in [-0.3, -0.25) is 5.32 Å². The maximum atomic E-state index is 12.7. The number of hydrogen-bond donors (Lipinski definition) is 3. The minimum absolute atomic E-state index is 0.128. The fourth-order valence-electron chi connectivity index (χ4n) is 3.08. The van der Waals surface area contributed by atoms with Gasteiger partial charge in [0.1, 0.15) is 12.4 Å². The Morgan fingerprint density at radius 2 is 1.94 bits per heavy atom. The molecule has 0 unspecified atom stereocenters. The predicted molar refractivity (Wildman–Crippen MR) is 127 cm³/mol. The number of aliphatic hydroxyl groups is 1. The number of halogens is 1. The average Bonchev–Trinajstić information content (AvgIpc) is 2.80. The molecular weight excluding hydrogens is 494 g/mol. The highest BCUT2D eigenvalue weighted by atomic mass is 79.9. The molecule has 0 spiro atoms. The van der Waals surface area contributed by atoms with Gasteiger partial charge in [0, 0.05) is 22.8 Å². The van der Waals surface area contributed by atoms with Crippen LogP contribution < -0.4 is 10.1 Å². The summed E-state index contributed by atoms with van der Waals surface area (Å²) in [6.45, 7) is 2.22. The molecule has 2 atom stereocenters. The van der Waals surface area contributed by atoms with Crippen LogP contribution in [0.5, 0.6) is 5.75 Å². The van der Waals surface area contributed by atoms with Crippen molar-refractivity contribution in [3.63, 3.8) is 0 Å². The van der Waals surface area contributed by atoms with Gasteiger partial charge < -0.3 is 24.4 Å². The Labute approximate surface area is 201 Å². The molecule has 9 heteroatoms. The molecule has 33 heavy (non-hydrogen) atoms. The molecule has 0 aromatic heterocycles. The molecule has 0 fully saturated rings. The van der Waals surface area contributed by atoms with Crippen LogP contribution in [0.4, 0.5) is 10.5 Å². The molecule has 0 aliphatic rings. The number of aliphatic carboxylic acids is 1. The summed E-state index contributed by atoms with van der Waals surface area (Å²) < 4.78 is 18.0. The van der Waals surface area contributed by atoms with Crippen molar-refractivity contribution in [3.05, 3.63) is 70.7 Å². The van der Waals surface area contributed by atoms with E-state index in [1.807, 2.05) is 6.92 Å². The lowest BCUT2D eigenvalue weighted by Crippen LogP contribution is -2.29. The zero-order valence-corrected chi connectivity index (χ0v) is 19.9. The summed E-state index contributed by atoms with van der Waals surface area (Å²) in [5.41, 5.74) is 1.22. The number of nitrogens with one attached hydrogen (secondary N) is 1. The number of carboxylic acids is 1. The van der Waals surface area contributed by atoms with Gasteiger partial charge in [-0.05, 0) is 61.7 Å². The quantitative estimate of drug-likeness (QED) is 0.320. The Morgan fingerprint density at radius 1 is 1.18 bits per heavy atom. The molecule has 1 amide bonds. The number of aliphatic hydroxyl groups excluding tert-OH is 1. The van der Waals surface area contributed by atoms with Gasteiger partial charge in [0.15, 0.2) is 6.10 Å². The first kappa shape index (κ1) is 26.4. The first-order valence-electron chi connectivity index (χ1n) is 10.5. The van der Waals surface area contributed by atoms with E-state index >= 15 is 0 Å². The second-order valence-corrected chi connectivity index (χ2v) is 7.83. The maximum Gasteiger partial charge on any atom is 0.412 e. The van der Waals surface area contributed by atoms with Gasteiger partial charge in [0.05, 0.1) is 12.7 Å². The molecular formula is C24H28BrNO7. The lowest BCUT2D eigenvalue weighted by molar-refractivity contribution is -0.131. The van der Waals surface area contributed by atoms with Crippen molar-refractivity contribution >= 4 is 33.7 Å².